The van der Waals surface area contributed by atoms with E-state index in [0.717, 1.165) is 11.1 Å². The predicted molar refractivity (Wildman–Crippen MR) is 91.4 cm³/mol. The van der Waals surface area contributed by atoms with Crippen LogP contribution in [0.3, 0.4) is 0 Å². The molecule has 0 radical (unpaired) electrons. The lowest BCUT2D eigenvalue weighted by atomic mass is 10.0. The highest BCUT2D eigenvalue weighted by Gasteiger charge is 2.21. The van der Waals surface area contributed by atoms with Crippen molar-refractivity contribution in [3.05, 3.63) is 71.0 Å². The van der Waals surface area contributed by atoms with Gasteiger partial charge >= 0.3 is 6.09 Å². The van der Waals surface area contributed by atoms with Crippen molar-refractivity contribution >= 4 is 6.09 Å². The van der Waals surface area contributed by atoms with Crippen molar-refractivity contribution in [3.63, 3.8) is 0 Å². The summed E-state index contributed by atoms with van der Waals surface area (Å²) >= 11 is 0. The molecule has 1 amide bonds. The molecule has 2 aromatic carbocycles. The summed E-state index contributed by atoms with van der Waals surface area (Å²) in [5, 5.41) is 22.5. The summed E-state index contributed by atoms with van der Waals surface area (Å²) in [5.41, 5.74) is 1.62. The van der Waals surface area contributed by atoms with Crippen LogP contribution in [0.1, 0.15) is 29.2 Å². The number of halogens is 1. The normalized spacial score (nSPS) is 13.1. The Bertz CT molecular complexity index is 693. The molecule has 2 rings (SSSR count). The summed E-state index contributed by atoms with van der Waals surface area (Å²) < 4.78 is 18.8. The van der Waals surface area contributed by atoms with Crippen molar-refractivity contribution in [2.45, 2.75) is 32.2 Å². The van der Waals surface area contributed by atoms with Crippen LogP contribution in [0.5, 0.6) is 0 Å². The third kappa shape index (κ3) is 5.85. The first-order valence-corrected chi connectivity index (χ1v) is 8.04. The van der Waals surface area contributed by atoms with Gasteiger partial charge in [-0.05, 0) is 30.5 Å². The summed E-state index contributed by atoms with van der Waals surface area (Å²) in [7, 11) is 0. The van der Waals surface area contributed by atoms with Crippen LogP contribution in [0.25, 0.3) is 0 Å². The Hall–Kier alpha value is -2.44. The average molecular weight is 347 g/mol. The third-order valence-corrected chi connectivity index (χ3v) is 3.76. The van der Waals surface area contributed by atoms with E-state index in [9.17, 15) is 19.4 Å². The first-order chi connectivity index (χ1) is 12.0. The molecule has 2 atom stereocenters. The molecule has 6 heteroatoms. The summed E-state index contributed by atoms with van der Waals surface area (Å²) in [5.74, 6) is -0.568. The Morgan fingerprint density at radius 2 is 1.92 bits per heavy atom. The molecule has 0 spiro atoms. The molecule has 0 aliphatic heterocycles. The molecule has 0 heterocycles. The average Bonchev–Trinajstić information content (AvgIpc) is 2.60. The Labute approximate surface area is 146 Å². The van der Waals surface area contributed by atoms with Crippen LogP contribution in [0, 0.1) is 12.7 Å². The van der Waals surface area contributed by atoms with Crippen LogP contribution in [-0.4, -0.2) is 29.0 Å². The first kappa shape index (κ1) is 18.9. The lowest BCUT2D eigenvalue weighted by Crippen LogP contribution is -2.30. The number of carbonyl (C=O) groups excluding carboxylic acids is 1. The number of rotatable bonds is 7. The van der Waals surface area contributed by atoms with Crippen LogP contribution in [0.2, 0.25) is 0 Å². The quantitative estimate of drug-likeness (QED) is 0.720. The number of benzene rings is 2. The number of hydrogen-bond donors (Lipinski definition) is 3. The summed E-state index contributed by atoms with van der Waals surface area (Å²) in [6.07, 6.45) is -3.11. The maximum Gasteiger partial charge on any atom is 0.407 e. The number of nitrogens with one attached hydrogen (secondary N) is 1. The summed E-state index contributed by atoms with van der Waals surface area (Å²) in [4.78, 5) is 11.6. The Morgan fingerprint density at radius 1 is 1.20 bits per heavy atom. The molecule has 0 aromatic heterocycles. The fraction of sp³-hybridized carbons (Fsp3) is 0.316. The molecule has 0 saturated heterocycles. The van der Waals surface area contributed by atoms with Crippen molar-refractivity contribution in [2.75, 3.05) is 6.54 Å². The van der Waals surface area contributed by atoms with Crippen molar-refractivity contribution in [3.8, 4) is 0 Å². The maximum atomic E-state index is 13.8. The Kier molecular flexibility index (Phi) is 6.91. The summed E-state index contributed by atoms with van der Waals surface area (Å²) in [6, 6.07) is 13.6. The highest BCUT2D eigenvalue weighted by Crippen LogP contribution is 2.22. The van der Waals surface area contributed by atoms with Crippen molar-refractivity contribution in [1.82, 2.24) is 5.32 Å². The minimum atomic E-state index is -1.36. The highest BCUT2D eigenvalue weighted by atomic mass is 19.1. The number of amides is 1. The zero-order chi connectivity index (χ0) is 18.2. The van der Waals surface area contributed by atoms with E-state index >= 15 is 0 Å². The second kappa shape index (κ2) is 9.15. The lowest BCUT2D eigenvalue weighted by Gasteiger charge is -2.19. The largest absolute Gasteiger partial charge is 0.445 e. The molecule has 2 unspecified atom stereocenters. The van der Waals surface area contributed by atoms with Gasteiger partial charge in [-0.1, -0.05) is 42.5 Å². The molecule has 0 aliphatic rings. The fourth-order valence-corrected chi connectivity index (χ4v) is 2.33. The Morgan fingerprint density at radius 3 is 2.60 bits per heavy atom. The number of alkyl carbamates (subject to hydrolysis) is 1. The highest BCUT2D eigenvalue weighted by molar-refractivity contribution is 5.67. The first-order valence-electron chi connectivity index (χ1n) is 8.04. The molecular formula is C19H22FNO4. The van der Waals surface area contributed by atoms with Gasteiger partial charge in [0, 0.05) is 12.1 Å². The molecule has 2 aromatic rings. The van der Waals surface area contributed by atoms with Gasteiger partial charge in [-0.3, -0.25) is 0 Å². The van der Waals surface area contributed by atoms with E-state index in [2.05, 4.69) is 5.32 Å². The van der Waals surface area contributed by atoms with Gasteiger partial charge in [-0.15, -0.1) is 0 Å². The second-order valence-corrected chi connectivity index (χ2v) is 5.81. The van der Waals surface area contributed by atoms with Gasteiger partial charge in [0.25, 0.3) is 0 Å². The molecule has 0 bridgehead atoms. The topological polar surface area (TPSA) is 78.8 Å². The second-order valence-electron chi connectivity index (χ2n) is 5.81. The van der Waals surface area contributed by atoms with Crippen LogP contribution in [0.15, 0.2) is 48.5 Å². The zero-order valence-corrected chi connectivity index (χ0v) is 14.0. The van der Waals surface area contributed by atoms with Crippen LogP contribution >= 0.6 is 0 Å². The molecule has 3 N–H and O–H groups in total. The lowest BCUT2D eigenvalue weighted by molar-refractivity contribution is 0.0116. The number of ether oxygens (including phenoxy) is 1. The van der Waals surface area contributed by atoms with Crippen LogP contribution < -0.4 is 5.32 Å². The third-order valence-electron chi connectivity index (χ3n) is 3.76. The molecular weight excluding hydrogens is 325 g/mol. The van der Waals surface area contributed by atoms with Gasteiger partial charge in [0.05, 0.1) is 6.10 Å². The van der Waals surface area contributed by atoms with E-state index in [0.29, 0.717) is 0 Å². The minimum Gasteiger partial charge on any atom is -0.445 e. The number of aliphatic hydroxyl groups is 2. The monoisotopic (exact) mass is 347 g/mol. The smallest absolute Gasteiger partial charge is 0.407 e. The van der Waals surface area contributed by atoms with E-state index in [4.69, 9.17) is 4.74 Å². The molecule has 5 nitrogen and oxygen atoms in total. The SMILES string of the molecule is Cc1ccc(C(O)C(O)CCNC(=O)OCc2ccccc2)c(F)c1. The fourth-order valence-electron chi connectivity index (χ4n) is 2.33. The molecule has 0 aliphatic carbocycles. The number of hydrogen-bond acceptors (Lipinski definition) is 4. The van der Waals surface area contributed by atoms with Crippen molar-refractivity contribution < 1.29 is 24.1 Å². The van der Waals surface area contributed by atoms with E-state index in [-0.39, 0.29) is 25.1 Å². The van der Waals surface area contributed by atoms with Crippen LogP contribution in [-0.2, 0) is 11.3 Å². The van der Waals surface area contributed by atoms with Crippen molar-refractivity contribution in [1.29, 1.82) is 0 Å². The van der Waals surface area contributed by atoms with E-state index < -0.39 is 24.1 Å². The van der Waals surface area contributed by atoms with Gasteiger partial charge in [0.2, 0.25) is 0 Å². The van der Waals surface area contributed by atoms with Gasteiger partial charge < -0.3 is 20.3 Å². The minimum absolute atomic E-state index is 0.0322. The molecule has 0 saturated carbocycles. The molecule has 0 fully saturated rings. The Balaban J connectivity index is 1.74. The van der Waals surface area contributed by atoms with E-state index in [1.54, 1.807) is 13.0 Å². The molecule has 134 valence electrons. The van der Waals surface area contributed by atoms with Crippen molar-refractivity contribution in [2.24, 2.45) is 0 Å². The van der Waals surface area contributed by atoms with E-state index in [1.165, 1.54) is 12.1 Å². The summed E-state index contributed by atoms with van der Waals surface area (Å²) in [6.45, 7) is 1.98. The number of aliphatic hydroxyl groups excluding tert-OH is 2. The van der Waals surface area contributed by atoms with Gasteiger partial charge in [-0.2, -0.15) is 0 Å². The molecule has 25 heavy (non-hydrogen) atoms. The zero-order valence-electron chi connectivity index (χ0n) is 14.0. The maximum absolute atomic E-state index is 13.8. The van der Waals surface area contributed by atoms with Gasteiger partial charge in [-0.25, -0.2) is 9.18 Å². The van der Waals surface area contributed by atoms with E-state index in [1.807, 2.05) is 30.3 Å². The standard InChI is InChI=1S/C19H22FNO4/c1-13-7-8-15(16(20)11-13)18(23)17(22)9-10-21-19(24)25-12-14-5-3-2-4-6-14/h2-8,11,17-18,22-23H,9-10,12H2,1H3,(H,21,24). The van der Waals surface area contributed by atoms with Gasteiger partial charge in [0.15, 0.2) is 0 Å². The van der Waals surface area contributed by atoms with Crippen LogP contribution in [0.4, 0.5) is 9.18 Å². The van der Waals surface area contributed by atoms with Gasteiger partial charge in [0.1, 0.15) is 18.5 Å². The number of aryl methyl sites for hydroxylation is 1. The number of carbonyl (C=O) groups is 1. The predicted octanol–water partition coefficient (Wildman–Crippen LogP) is 2.84.